The minimum Gasteiger partial charge on any atom is -0.369 e. The van der Waals surface area contributed by atoms with Gasteiger partial charge in [-0.15, -0.1) is 0 Å². The Hall–Kier alpha value is -2.67. The first-order valence-electron chi connectivity index (χ1n) is 6.16. The number of H-pyrrole nitrogens is 1. The third-order valence-electron chi connectivity index (χ3n) is 3.07. The third kappa shape index (κ3) is 2.14. The largest absolute Gasteiger partial charge is 0.369 e. The average molecular weight is 270 g/mol. The van der Waals surface area contributed by atoms with Gasteiger partial charge in [0.05, 0.1) is 12.9 Å². The Morgan fingerprint density at radius 3 is 2.90 bits per heavy atom. The van der Waals surface area contributed by atoms with Crippen LogP contribution in [-0.4, -0.2) is 19.5 Å². The number of fused-ring (bicyclic) bond motifs is 1. The van der Waals surface area contributed by atoms with Crippen LogP contribution in [0.3, 0.4) is 0 Å². The number of aromatic amines is 1. The first-order chi connectivity index (χ1) is 9.67. The highest BCUT2D eigenvalue weighted by molar-refractivity contribution is 5.70. The Morgan fingerprint density at radius 2 is 2.10 bits per heavy atom. The summed E-state index contributed by atoms with van der Waals surface area (Å²) in [4.78, 5) is 22.3. The number of anilines is 1. The molecule has 0 aliphatic carbocycles. The highest BCUT2D eigenvalue weighted by Crippen LogP contribution is 2.11. The molecule has 102 valence electrons. The summed E-state index contributed by atoms with van der Waals surface area (Å²) < 4.78 is 1.79. The van der Waals surface area contributed by atoms with E-state index in [1.54, 1.807) is 10.9 Å². The van der Waals surface area contributed by atoms with E-state index in [4.69, 9.17) is 11.5 Å². The minimum atomic E-state index is -0.332. The zero-order valence-corrected chi connectivity index (χ0v) is 10.7. The van der Waals surface area contributed by atoms with Gasteiger partial charge >= 0.3 is 0 Å². The highest BCUT2D eigenvalue weighted by Gasteiger charge is 2.09. The molecule has 0 unspecified atom stereocenters. The minimum absolute atomic E-state index is 0.0833. The average Bonchev–Trinajstić information content (AvgIpc) is 2.82. The van der Waals surface area contributed by atoms with Crippen LogP contribution in [0.15, 0.2) is 35.4 Å². The number of aromatic nitrogens is 4. The molecule has 20 heavy (non-hydrogen) atoms. The van der Waals surface area contributed by atoms with E-state index in [2.05, 4.69) is 15.0 Å². The predicted molar refractivity (Wildman–Crippen MR) is 76.0 cm³/mol. The molecule has 0 aliphatic heterocycles. The van der Waals surface area contributed by atoms with E-state index in [1.165, 1.54) is 0 Å². The van der Waals surface area contributed by atoms with Crippen molar-refractivity contribution in [3.05, 3.63) is 52.1 Å². The molecule has 2 heterocycles. The van der Waals surface area contributed by atoms with Gasteiger partial charge in [0, 0.05) is 6.54 Å². The zero-order chi connectivity index (χ0) is 14.1. The predicted octanol–water partition coefficient (Wildman–Crippen LogP) is 0.209. The Labute approximate surface area is 114 Å². The lowest BCUT2D eigenvalue weighted by Gasteiger charge is -2.06. The molecule has 0 spiro atoms. The van der Waals surface area contributed by atoms with Crippen molar-refractivity contribution in [3.8, 4) is 0 Å². The van der Waals surface area contributed by atoms with Crippen molar-refractivity contribution in [3.63, 3.8) is 0 Å². The lowest BCUT2D eigenvalue weighted by atomic mass is 10.1. The van der Waals surface area contributed by atoms with E-state index < -0.39 is 0 Å². The fraction of sp³-hybridized carbons (Fsp3) is 0.154. The lowest BCUT2D eigenvalue weighted by molar-refractivity contribution is 0.811. The number of imidazole rings is 1. The summed E-state index contributed by atoms with van der Waals surface area (Å²) in [6.07, 6.45) is 1.58. The number of hydrogen-bond acceptors (Lipinski definition) is 5. The summed E-state index contributed by atoms with van der Waals surface area (Å²) in [5.74, 6) is 0.0833. The molecule has 2 aromatic heterocycles. The Morgan fingerprint density at radius 1 is 1.30 bits per heavy atom. The van der Waals surface area contributed by atoms with Gasteiger partial charge in [0.1, 0.15) is 0 Å². The van der Waals surface area contributed by atoms with Crippen molar-refractivity contribution in [1.82, 2.24) is 19.5 Å². The molecule has 5 N–H and O–H groups in total. The molecule has 0 saturated carbocycles. The van der Waals surface area contributed by atoms with E-state index in [-0.39, 0.29) is 17.0 Å². The Balaban J connectivity index is 2.04. The number of benzene rings is 1. The number of nitrogens with two attached hydrogens (primary N) is 2. The van der Waals surface area contributed by atoms with Gasteiger partial charge in [-0.25, -0.2) is 4.98 Å². The van der Waals surface area contributed by atoms with Gasteiger partial charge in [0.15, 0.2) is 11.2 Å². The van der Waals surface area contributed by atoms with E-state index in [0.29, 0.717) is 18.7 Å². The second-order valence-electron chi connectivity index (χ2n) is 4.52. The number of nitrogens with one attached hydrogen (secondary N) is 1. The maximum absolute atomic E-state index is 11.7. The molecule has 0 saturated heterocycles. The van der Waals surface area contributed by atoms with Crippen LogP contribution in [0.5, 0.6) is 0 Å². The number of nitrogen functional groups attached to an aromatic ring is 1. The van der Waals surface area contributed by atoms with Crippen molar-refractivity contribution >= 4 is 17.1 Å². The summed E-state index contributed by atoms with van der Waals surface area (Å²) in [7, 11) is 0. The molecule has 3 aromatic rings. The molecule has 0 atom stereocenters. The Bertz CT molecular complexity index is 819. The van der Waals surface area contributed by atoms with E-state index >= 15 is 0 Å². The van der Waals surface area contributed by atoms with Crippen molar-refractivity contribution < 1.29 is 0 Å². The third-order valence-corrected chi connectivity index (χ3v) is 3.07. The molecule has 3 rings (SSSR count). The van der Waals surface area contributed by atoms with Gasteiger partial charge in [-0.05, 0) is 11.1 Å². The topological polar surface area (TPSA) is 116 Å². The zero-order valence-electron chi connectivity index (χ0n) is 10.7. The normalized spacial score (nSPS) is 11.1. The van der Waals surface area contributed by atoms with Crippen LogP contribution in [0, 0.1) is 0 Å². The van der Waals surface area contributed by atoms with Crippen molar-refractivity contribution in [2.45, 2.75) is 13.1 Å². The second-order valence-corrected chi connectivity index (χ2v) is 4.52. The van der Waals surface area contributed by atoms with Crippen LogP contribution in [-0.2, 0) is 13.1 Å². The van der Waals surface area contributed by atoms with Crippen molar-refractivity contribution in [2.24, 2.45) is 5.73 Å². The summed E-state index contributed by atoms with van der Waals surface area (Å²) in [6.45, 7) is 1.05. The number of hydrogen-bond donors (Lipinski definition) is 3. The maximum atomic E-state index is 11.7. The van der Waals surface area contributed by atoms with Crippen LogP contribution >= 0.6 is 0 Å². The number of nitrogens with zero attached hydrogens (tertiary/aromatic N) is 3. The molecule has 1 aromatic carbocycles. The van der Waals surface area contributed by atoms with Crippen LogP contribution < -0.4 is 17.0 Å². The molecule has 7 nitrogen and oxygen atoms in total. The molecular weight excluding hydrogens is 256 g/mol. The standard InChI is InChI=1S/C13H14N6O/c14-5-8-2-1-3-9(4-8)6-19-7-16-10-11(19)17-13(15)18-12(10)20/h1-4,7H,5-6,14H2,(H3,15,17,18,20). The number of rotatable bonds is 3. The summed E-state index contributed by atoms with van der Waals surface area (Å²) in [5, 5.41) is 0. The van der Waals surface area contributed by atoms with Crippen LogP contribution in [0.1, 0.15) is 11.1 Å². The molecule has 0 aliphatic rings. The molecule has 7 heteroatoms. The summed E-state index contributed by atoms with van der Waals surface area (Å²) in [6, 6.07) is 7.92. The van der Waals surface area contributed by atoms with E-state index in [9.17, 15) is 4.79 Å². The second kappa shape index (κ2) is 4.78. The van der Waals surface area contributed by atoms with Gasteiger partial charge in [-0.3, -0.25) is 9.78 Å². The van der Waals surface area contributed by atoms with Crippen LogP contribution in [0.25, 0.3) is 11.2 Å². The van der Waals surface area contributed by atoms with Gasteiger partial charge in [-0.1, -0.05) is 24.3 Å². The van der Waals surface area contributed by atoms with Crippen LogP contribution in [0.2, 0.25) is 0 Å². The van der Waals surface area contributed by atoms with Crippen LogP contribution in [0.4, 0.5) is 5.95 Å². The van der Waals surface area contributed by atoms with Gasteiger partial charge in [-0.2, -0.15) is 4.98 Å². The first-order valence-corrected chi connectivity index (χ1v) is 6.16. The van der Waals surface area contributed by atoms with E-state index in [0.717, 1.165) is 11.1 Å². The Kier molecular flexibility index (Phi) is 2.96. The molecule has 0 radical (unpaired) electrons. The monoisotopic (exact) mass is 270 g/mol. The van der Waals surface area contributed by atoms with Gasteiger partial charge < -0.3 is 16.0 Å². The lowest BCUT2D eigenvalue weighted by Crippen LogP contribution is -2.12. The van der Waals surface area contributed by atoms with Crippen molar-refractivity contribution in [1.29, 1.82) is 0 Å². The molecule has 0 bridgehead atoms. The molecule has 0 fully saturated rings. The fourth-order valence-electron chi connectivity index (χ4n) is 2.14. The van der Waals surface area contributed by atoms with E-state index in [1.807, 2.05) is 24.3 Å². The SMILES string of the molecule is NCc1cccc(Cn2cnc3c(=O)[nH]c(N)nc32)c1. The molecule has 0 amide bonds. The highest BCUT2D eigenvalue weighted by atomic mass is 16.1. The van der Waals surface area contributed by atoms with Crippen molar-refractivity contribution in [2.75, 3.05) is 5.73 Å². The smallest absolute Gasteiger partial charge is 0.280 e. The summed E-state index contributed by atoms with van der Waals surface area (Å²) >= 11 is 0. The van der Waals surface area contributed by atoms with Gasteiger partial charge in [0.2, 0.25) is 5.95 Å². The van der Waals surface area contributed by atoms with Gasteiger partial charge in [0.25, 0.3) is 5.56 Å². The summed E-state index contributed by atoms with van der Waals surface area (Å²) in [5.41, 5.74) is 13.7. The fourth-order valence-corrected chi connectivity index (χ4v) is 2.14. The molecular formula is C13H14N6O. The maximum Gasteiger partial charge on any atom is 0.280 e. The quantitative estimate of drug-likeness (QED) is 0.629. The first kappa shape index (κ1) is 12.4.